The first-order valence-corrected chi connectivity index (χ1v) is 7.27. The molecule has 0 unspecified atom stereocenters. The summed E-state index contributed by atoms with van der Waals surface area (Å²) in [5, 5.41) is 11.1. The Kier molecular flexibility index (Phi) is 3.45. The summed E-state index contributed by atoms with van der Waals surface area (Å²) in [6.45, 7) is 0. The topological polar surface area (TPSA) is 59.1 Å². The Balaban J connectivity index is 1.99. The molecular formula is C11H7BrN4OS2. The molecule has 0 aliphatic carbocycles. The molecule has 0 bridgehead atoms. The van der Waals surface area contributed by atoms with Crippen LogP contribution in [-0.4, -0.2) is 21.1 Å². The Hall–Kier alpha value is -1.51. The molecule has 0 aliphatic heterocycles. The van der Waals surface area contributed by atoms with Crippen molar-refractivity contribution in [2.75, 3.05) is 0 Å². The molecule has 0 atom stereocenters. The number of furan rings is 1. The van der Waals surface area contributed by atoms with Crippen molar-refractivity contribution in [3.63, 3.8) is 0 Å². The van der Waals surface area contributed by atoms with Gasteiger partial charge in [0.2, 0.25) is 10.6 Å². The van der Waals surface area contributed by atoms with Gasteiger partial charge in [0.15, 0.2) is 5.76 Å². The number of nitrogens with one attached hydrogen (secondary N) is 1. The molecule has 0 radical (unpaired) electrons. The summed E-state index contributed by atoms with van der Waals surface area (Å²) in [6, 6.07) is 7.53. The fraction of sp³-hybridized carbons (Fsp3) is 0. The predicted octanol–water partition coefficient (Wildman–Crippen LogP) is 3.91. The van der Waals surface area contributed by atoms with Crippen molar-refractivity contribution < 1.29 is 4.42 Å². The lowest BCUT2D eigenvalue weighted by molar-refractivity contribution is 0.573. The molecule has 0 aliphatic rings. The van der Waals surface area contributed by atoms with Crippen LogP contribution in [0.5, 0.6) is 0 Å². The zero-order valence-electron chi connectivity index (χ0n) is 9.41. The quantitative estimate of drug-likeness (QED) is 0.573. The molecule has 5 nitrogen and oxygen atoms in total. The molecule has 0 spiro atoms. The van der Waals surface area contributed by atoms with Crippen molar-refractivity contribution >= 4 is 45.7 Å². The maximum atomic E-state index is 5.30. The van der Waals surface area contributed by atoms with E-state index < -0.39 is 0 Å². The van der Waals surface area contributed by atoms with Crippen molar-refractivity contribution in [1.82, 2.24) is 14.9 Å². The van der Waals surface area contributed by atoms with Crippen LogP contribution in [-0.2, 0) is 0 Å². The van der Waals surface area contributed by atoms with Crippen molar-refractivity contribution in [2.24, 2.45) is 5.10 Å². The zero-order chi connectivity index (χ0) is 13.2. The van der Waals surface area contributed by atoms with Gasteiger partial charge in [-0.2, -0.15) is 9.78 Å². The molecule has 0 aromatic carbocycles. The number of nitrogens with zero attached hydrogens (tertiary/aromatic N) is 3. The molecule has 3 heterocycles. The highest BCUT2D eigenvalue weighted by atomic mass is 79.9. The van der Waals surface area contributed by atoms with Crippen LogP contribution in [0.3, 0.4) is 0 Å². The van der Waals surface area contributed by atoms with Crippen LogP contribution in [0, 0.1) is 4.77 Å². The lowest BCUT2D eigenvalue weighted by atomic mass is 10.4. The fourth-order valence-corrected chi connectivity index (χ4v) is 2.95. The first-order valence-electron chi connectivity index (χ1n) is 5.25. The van der Waals surface area contributed by atoms with Crippen LogP contribution < -0.4 is 0 Å². The Morgan fingerprint density at radius 3 is 3.05 bits per heavy atom. The second-order valence-electron chi connectivity index (χ2n) is 3.53. The number of rotatable bonds is 3. The van der Waals surface area contributed by atoms with Crippen molar-refractivity contribution in [1.29, 1.82) is 0 Å². The lowest BCUT2D eigenvalue weighted by Crippen LogP contribution is -1.93. The normalized spacial score (nSPS) is 11.4. The number of hydrogen-bond acceptors (Lipinski definition) is 5. The Labute approximate surface area is 125 Å². The van der Waals surface area contributed by atoms with Gasteiger partial charge in [0.05, 0.1) is 16.3 Å². The average molecular weight is 355 g/mol. The molecule has 3 aromatic rings. The van der Waals surface area contributed by atoms with E-state index in [0.717, 1.165) is 8.66 Å². The smallest absolute Gasteiger partial charge is 0.219 e. The number of aromatic amines is 1. The SMILES string of the molecule is S=c1[nH]nc(-c2ccco2)n1N=Cc1ccc(Br)s1. The Morgan fingerprint density at radius 2 is 2.37 bits per heavy atom. The van der Waals surface area contributed by atoms with Crippen molar-refractivity contribution in [3.05, 3.63) is 44.0 Å². The highest BCUT2D eigenvalue weighted by Crippen LogP contribution is 2.21. The maximum absolute atomic E-state index is 5.30. The van der Waals surface area contributed by atoms with E-state index in [1.54, 1.807) is 35.9 Å². The molecule has 8 heteroatoms. The highest BCUT2D eigenvalue weighted by Gasteiger charge is 2.10. The van der Waals surface area contributed by atoms with Gasteiger partial charge < -0.3 is 4.42 Å². The fourth-order valence-electron chi connectivity index (χ4n) is 1.48. The largest absolute Gasteiger partial charge is 0.461 e. The summed E-state index contributed by atoms with van der Waals surface area (Å²) in [5.41, 5.74) is 0. The monoisotopic (exact) mass is 354 g/mol. The highest BCUT2D eigenvalue weighted by molar-refractivity contribution is 9.11. The lowest BCUT2D eigenvalue weighted by Gasteiger charge is -1.95. The van der Waals surface area contributed by atoms with Crippen LogP contribution >= 0.6 is 39.5 Å². The Morgan fingerprint density at radius 1 is 1.47 bits per heavy atom. The molecule has 3 aromatic heterocycles. The molecule has 0 amide bonds. The third kappa shape index (κ3) is 2.60. The summed E-state index contributed by atoms with van der Waals surface area (Å²) in [7, 11) is 0. The van der Waals surface area contributed by atoms with Gasteiger partial charge in [0.25, 0.3) is 0 Å². The molecule has 1 N–H and O–H groups in total. The van der Waals surface area contributed by atoms with Crippen LogP contribution in [0.2, 0.25) is 0 Å². The minimum atomic E-state index is 0.415. The summed E-state index contributed by atoms with van der Waals surface area (Å²) >= 11 is 10.1. The molecule has 0 saturated carbocycles. The Bertz CT molecular complexity index is 769. The van der Waals surface area contributed by atoms with E-state index in [9.17, 15) is 0 Å². The standard InChI is InChI=1S/C11H7BrN4OS2/c12-9-4-3-7(19-9)6-13-16-10(14-15-11(16)18)8-2-1-5-17-8/h1-6H,(H,15,18). The predicted molar refractivity (Wildman–Crippen MR) is 80.1 cm³/mol. The van der Waals surface area contributed by atoms with E-state index in [-0.39, 0.29) is 0 Å². The molecule has 0 saturated heterocycles. The minimum absolute atomic E-state index is 0.415. The third-order valence-corrected chi connectivity index (χ3v) is 4.11. The van der Waals surface area contributed by atoms with Crippen LogP contribution in [0.1, 0.15) is 4.88 Å². The van der Waals surface area contributed by atoms with E-state index >= 15 is 0 Å². The maximum Gasteiger partial charge on any atom is 0.219 e. The van der Waals surface area contributed by atoms with Gasteiger partial charge >= 0.3 is 0 Å². The van der Waals surface area contributed by atoms with E-state index in [1.165, 1.54) is 4.68 Å². The molecule has 96 valence electrons. The van der Waals surface area contributed by atoms with E-state index in [1.807, 2.05) is 12.1 Å². The summed E-state index contributed by atoms with van der Waals surface area (Å²) in [4.78, 5) is 1.01. The van der Waals surface area contributed by atoms with Crippen LogP contribution in [0.25, 0.3) is 11.6 Å². The van der Waals surface area contributed by atoms with Gasteiger partial charge in [-0.3, -0.25) is 0 Å². The van der Waals surface area contributed by atoms with E-state index in [0.29, 0.717) is 16.4 Å². The molecule has 3 rings (SSSR count). The van der Waals surface area contributed by atoms with E-state index in [2.05, 4.69) is 31.2 Å². The molecule has 0 fully saturated rings. The zero-order valence-corrected chi connectivity index (χ0v) is 12.6. The number of halogens is 1. The average Bonchev–Trinajstić information content (AvgIpc) is 3.08. The molecule has 19 heavy (non-hydrogen) atoms. The van der Waals surface area contributed by atoms with Gasteiger partial charge in [-0.15, -0.1) is 16.4 Å². The second kappa shape index (κ2) is 5.24. The van der Waals surface area contributed by atoms with Gasteiger partial charge in [-0.1, -0.05) is 0 Å². The second-order valence-corrected chi connectivity index (χ2v) is 6.41. The number of aromatic nitrogens is 3. The summed E-state index contributed by atoms with van der Waals surface area (Å²) in [5.74, 6) is 1.15. The third-order valence-electron chi connectivity index (χ3n) is 2.29. The van der Waals surface area contributed by atoms with Gasteiger partial charge in [-0.25, -0.2) is 5.10 Å². The van der Waals surface area contributed by atoms with Crippen LogP contribution in [0.4, 0.5) is 0 Å². The van der Waals surface area contributed by atoms with Crippen molar-refractivity contribution in [2.45, 2.75) is 0 Å². The number of thiophene rings is 1. The summed E-state index contributed by atoms with van der Waals surface area (Å²) in [6.07, 6.45) is 3.31. The van der Waals surface area contributed by atoms with Crippen molar-refractivity contribution in [3.8, 4) is 11.6 Å². The van der Waals surface area contributed by atoms with E-state index in [4.69, 9.17) is 16.6 Å². The van der Waals surface area contributed by atoms with Gasteiger partial charge in [-0.05, 0) is 52.4 Å². The number of hydrogen-bond donors (Lipinski definition) is 1. The molecular weight excluding hydrogens is 348 g/mol. The van der Waals surface area contributed by atoms with Gasteiger partial charge in [0.1, 0.15) is 0 Å². The minimum Gasteiger partial charge on any atom is -0.461 e. The first-order chi connectivity index (χ1) is 9.24. The van der Waals surface area contributed by atoms with Gasteiger partial charge in [0, 0.05) is 4.88 Å². The van der Waals surface area contributed by atoms with Crippen LogP contribution in [0.15, 0.2) is 43.8 Å². The number of H-pyrrole nitrogens is 1. The first kappa shape index (κ1) is 12.5. The summed E-state index contributed by atoms with van der Waals surface area (Å²) < 4.78 is 8.30.